The van der Waals surface area contributed by atoms with Crippen LogP contribution in [0.1, 0.15) is 51.4 Å². The first kappa shape index (κ1) is 24.8. The van der Waals surface area contributed by atoms with Gasteiger partial charge in [0.05, 0.1) is 22.9 Å². The van der Waals surface area contributed by atoms with E-state index in [1.807, 2.05) is 0 Å². The summed E-state index contributed by atoms with van der Waals surface area (Å²) in [5.41, 5.74) is 0.115. The molecule has 2 saturated carbocycles. The molecule has 0 aromatic carbocycles. The standard InChI is InChI=1S/C20H28Cl2F2N4O5/c21-11-2-1-10(7-12(11)22)32-9-15(29)25-19-3-5-20(6-4-19,27-18(19)31)26-17(30)14-8-13(16(23)24)28-33-14/h10-14,16,28H,1-9H2,(H,25,29)(H,26,30)(H,27,31). The van der Waals surface area contributed by atoms with Crippen molar-refractivity contribution in [2.24, 2.45) is 0 Å². The van der Waals surface area contributed by atoms with Gasteiger partial charge < -0.3 is 20.7 Å². The summed E-state index contributed by atoms with van der Waals surface area (Å²) in [7, 11) is 0. The van der Waals surface area contributed by atoms with Crippen LogP contribution in [0.25, 0.3) is 0 Å². The molecule has 3 heterocycles. The summed E-state index contributed by atoms with van der Waals surface area (Å²) in [6.45, 7) is -0.185. The number of hydrogen-bond donors (Lipinski definition) is 4. The molecule has 3 amide bonds. The fourth-order valence-electron chi connectivity index (χ4n) is 4.95. The maximum atomic E-state index is 12.9. The largest absolute Gasteiger partial charge is 0.368 e. The van der Waals surface area contributed by atoms with Gasteiger partial charge in [0, 0.05) is 6.42 Å². The monoisotopic (exact) mass is 512 g/mol. The highest BCUT2D eigenvalue weighted by Crippen LogP contribution is 2.39. The zero-order chi connectivity index (χ0) is 23.8. The summed E-state index contributed by atoms with van der Waals surface area (Å²) < 4.78 is 31.3. The summed E-state index contributed by atoms with van der Waals surface area (Å²) in [4.78, 5) is 42.9. The fourth-order valence-corrected chi connectivity index (χ4v) is 5.50. The maximum Gasteiger partial charge on any atom is 0.256 e. The first-order valence-corrected chi connectivity index (χ1v) is 12.0. The molecule has 9 nitrogen and oxygen atoms in total. The average molecular weight is 513 g/mol. The number of hydroxylamine groups is 1. The Morgan fingerprint density at radius 3 is 2.45 bits per heavy atom. The number of alkyl halides is 4. The molecule has 3 aliphatic heterocycles. The second-order valence-corrected chi connectivity index (χ2v) is 10.5. The van der Waals surface area contributed by atoms with Crippen molar-refractivity contribution in [2.45, 2.75) is 98.0 Å². The molecule has 0 aromatic rings. The molecular formula is C20H28Cl2F2N4O5. The molecule has 4 N–H and O–H groups in total. The maximum absolute atomic E-state index is 12.9. The molecule has 2 aliphatic carbocycles. The molecule has 186 valence electrons. The van der Waals surface area contributed by atoms with Crippen molar-refractivity contribution in [3.63, 3.8) is 0 Å². The molecule has 13 heteroatoms. The highest BCUT2D eigenvalue weighted by atomic mass is 35.5. The lowest BCUT2D eigenvalue weighted by molar-refractivity contribution is -0.150. The molecule has 5 atom stereocenters. The Kier molecular flexibility index (Phi) is 7.35. The number of carbonyl (C=O) groups excluding carboxylic acids is 3. The van der Waals surface area contributed by atoms with Crippen LogP contribution in [0.2, 0.25) is 0 Å². The van der Waals surface area contributed by atoms with Crippen LogP contribution >= 0.6 is 23.2 Å². The molecule has 2 bridgehead atoms. The molecule has 5 fully saturated rings. The third-order valence-electron chi connectivity index (χ3n) is 7.01. The van der Waals surface area contributed by atoms with Crippen molar-refractivity contribution in [1.29, 1.82) is 0 Å². The summed E-state index contributed by atoms with van der Waals surface area (Å²) in [6.07, 6.45) is -0.604. The van der Waals surface area contributed by atoms with Crippen LogP contribution in [-0.2, 0) is 24.0 Å². The summed E-state index contributed by atoms with van der Waals surface area (Å²) in [5, 5.41) is 8.06. The van der Waals surface area contributed by atoms with Crippen molar-refractivity contribution in [1.82, 2.24) is 21.4 Å². The van der Waals surface area contributed by atoms with Crippen LogP contribution in [0.3, 0.4) is 0 Å². The Bertz CT molecular complexity index is 784. The van der Waals surface area contributed by atoms with E-state index in [9.17, 15) is 23.2 Å². The minimum Gasteiger partial charge on any atom is -0.368 e. The molecule has 0 radical (unpaired) electrons. The number of ether oxygens (including phenoxy) is 1. The summed E-state index contributed by atoms with van der Waals surface area (Å²) >= 11 is 12.3. The average Bonchev–Trinajstić information content (AvgIpc) is 3.27. The highest BCUT2D eigenvalue weighted by molar-refractivity contribution is 6.30. The first-order valence-electron chi connectivity index (χ1n) is 11.2. The van der Waals surface area contributed by atoms with E-state index < -0.39 is 47.5 Å². The second-order valence-electron chi connectivity index (χ2n) is 9.33. The van der Waals surface area contributed by atoms with Gasteiger partial charge in [-0.05, 0) is 44.9 Å². The van der Waals surface area contributed by atoms with E-state index in [1.165, 1.54) is 0 Å². The molecule has 5 aliphatic rings. The smallest absolute Gasteiger partial charge is 0.256 e. The van der Waals surface area contributed by atoms with Gasteiger partial charge in [-0.2, -0.15) is 5.48 Å². The Hall–Kier alpha value is -1.27. The van der Waals surface area contributed by atoms with Gasteiger partial charge in [0.15, 0.2) is 6.10 Å². The molecule has 3 saturated heterocycles. The molecule has 5 rings (SSSR count). The van der Waals surface area contributed by atoms with Gasteiger partial charge in [-0.1, -0.05) is 0 Å². The highest BCUT2D eigenvalue weighted by Gasteiger charge is 2.56. The number of amides is 3. The van der Waals surface area contributed by atoms with E-state index in [4.69, 9.17) is 32.8 Å². The minimum absolute atomic E-state index is 0.101. The predicted molar refractivity (Wildman–Crippen MR) is 114 cm³/mol. The molecular weight excluding hydrogens is 485 g/mol. The topological polar surface area (TPSA) is 118 Å². The molecule has 33 heavy (non-hydrogen) atoms. The first-order chi connectivity index (χ1) is 15.6. The van der Waals surface area contributed by atoms with Crippen LogP contribution in [0.4, 0.5) is 8.78 Å². The summed E-state index contributed by atoms with van der Waals surface area (Å²) in [5.74, 6) is -1.36. The van der Waals surface area contributed by atoms with E-state index in [0.29, 0.717) is 38.5 Å². The van der Waals surface area contributed by atoms with E-state index in [-0.39, 0.29) is 29.9 Å². The number of halogens is 4. The lowest BCUT2D eigenvalue weighted by Crippen LogP contribution is -2.77. The van der Waals surface area contributed by atoms with Crippen molar-refractivity contribution < 1.29 is 32.7 Å². The zero-order valence-corrected chi connectivity index (χ0v) is 19.4. The van der Waals surface area contributed by atoms with Crippen molar-refractivity contribution in [3.8, 4) is 0 Å². The lowest BCUT2D eigenvalue weighted by atomic mass is 9.70. The van der Waals surface area contributed by atoms with Gasteiger partial charge in [0.25, 0.3) is 12.3 Å². The third-order valence-corrected chi connectivity index (χ3v) is 8.14. The van der Waals surface area contributed by atoms with Crippen LogP contribution in [0, 0.1) is 0 Å². The van der Waals surface area contributed by atoms with E-state index in [0.717, 1.165) is 6.42 Å². The zero-order valence-electron chi connectivity index (χ0n) is 17.9. The van der Waals surface area contributed by atoms with Gasteiger partial charge in [0.2, 0.25) is 11.8 Å². The Balaban J connectivity index is 1.26. The van der Waals surface area contributed by atoms with Crippen molar-refractivity contribution in [2.75, 3.05) is 6.61 Å². The van der Waals surface area contributed by atoms with Crippen molar-refractivity contribution in [3.05, 3.63) is 0 Å². The van der Waals surface area contributed by atoms with Gasteiger partial charge >= 0.3 is 0 Å². The normalized spacial score (nSPS) is 40.5. The third kappa shape index (κ3) is 5.37. The lowest BCUT2D eigenvalue weighted by Gasteiger charge is -2.53. The fraction of sp³-hybridized carbons (Fsp3) is 0.850. The number of carbonyl (C=O) groups is 3. The number of nitrogens with one attached hydrogen (secondary N) is 4. The van der Waals surface area contributed by atoms with Crippen LogP contribution < -0.4 is 21.4 Å². The van der Waals surface area contributed by atoms with Gasteiger partial charge in [-0.15, -0.1) is 23.2 Å². The second kappa shape index (κ2) is 9.77. The van der Waals surface area contributed by atoms with Crippen LogP contribution in [-0.4, -0.2) is 71.0 Å². The Labute approximate surface area is 199 Å². The number of rotatable bonds is 7. The van der Waals surface area contributed by atoms with Crippen molar-refractivity contribution >= 4 is 40.9 Å². The number of hydrogen-bond acceptors (Lipinski definition) is 6. The van der Waals surface area contributed by atoms with E-state index in [1.54, 1.807) is 0 Å². The van der Waals surface area contributed by atoms with E-state index in [2.05, 4.69) is 21.4 Å². The molecule has 5 unspecified atom stereocenters. The number of piperidine rings is 2. The van der Waals surface area contributed by atoms with Gasteiger partial charge in [-0.25, -0.2) is 8.78 Å². The van der Waals surface area contributed by atoms with Gasteiger partial charge in [0.1, 0.15) is 17.8 Å². The minimum atomic E-state index is -2.65. The molecule has 0 aromatic heterocycles. The Morgan fingerprint density at radius 2 is 1.85 bits per heavy atom. The quantitative estimate of drug-likeness (QED) is 0.379. The van der Waals surface area contributed by atoms with Gasteiger partial charge in [-0.3, -0.25) is 19.2 Å². The van der Waals surface area contributed by atoms with Crippen LogP contribution in [0.15, 0.2) is 0 Å². The predicted octanol–water partition coefficient (Wildman–Crippen LogP) is 1.07. The Morgan fingerprint density at radius 1 is 1.12 bits per heavy atom. The number of fused-ring (bicyclic) bond motifs is 3. The summed E-state index contributed by atoms with van der Waals surface area (Å²) in [6, 6.07) is -1.21. The molecule has 0 spiro atoms. The SMILES string of the molecule is O=C(COC1CCC(Cl)C(Cl)C1)NC12CCC(NC(=O)C3CC(C(F)F)NO3)(CC1)NC2=O. The van der Waals surface area contributed by atoms with Crippen LogP contribution in [0.5, 0.6) is 0 Å². The van der Waals surface area contributed by atoms with E-state index >= 15 is 0 Å².